The summed E-state index contributed by atoms with van der Waals surface area (Å²) < 4.78 is 11.2. The molecule has 0 aliphatic carbocycles. The Balaban J connectivity index is 1.94. The summed E-state index contributed by atoms with van der Waals surface area (Å²) >= 11 is 0. The van der Waals surface area contributed by atoms with Crippen LogP contribution in [0.25, 0.3) is 0 Å². The van der Waals surface area contributed by atoms with Crippen LogP contribution in [-0.4, -0.2) is 12.9 Å². The number of hydrogen-bond donors (Lipinski definition) is 0. The summed E-state index contributed by atoms with van der Waals surface area (Å²) in [5.74, 6) is 1.64. The number of benzene rings is 2. The molecular weight excluding hydrogens is 252 g/mol. The van der Waals surface area contributed by atoms with Crippen molar-refractivity contribution in [3.63, 3.8) is 0 Å². The number of ketones is 1. The average molecular weight is 268 g/mol. The van der Waals surface area contributed by atoms with E-state index in [9.17, 15) is 4.79 Å². The van der Waals surface area contributed by atoms with E-state index >= 15 is 0 Å². The topological polar surface area (TPSA) is 35.5 Å². The van der Waals surface area contributed by atoms with Gasteiger partial charge in [-0.1, -0.05) is 18.2 Å². The van der Waals surface area contributed by atoms with Crippen molar-refractivity contribution in [2.24, 2.45) is 0 Å². The zero-order valence-electron chi connectivity index (χ0n) is 11.6. The van der Waals surface area contributed by atoms with Crippen molar-refractivity contribution in [3.8, 4) is 11.5 Å². The van der Waals surface area contributed by atoms with E-state index < -0.39 is 0 Å². The van der Waals surface area contributed by atoms with Crippen molar-refractivity contribution < 1.29 is 14.3 Å². The lowest BCUT2D eigenvalue weighted by molar-refractivity contribution is 0.0850. The second kappa shape index (κ2) is 5.00. The molecule has 0 N–H and O–H groups in total. The Kier molecular flexibility index (Phi) is 3.18. The van der Waals surface area contributed by atoms with Crippen LogP contribution in [0, 0.1) is 6.92 Å². The summed E-state index contributed by atoms with van der Waals surface area (Å²) in [4.78, 5) is 12.2. The first-order valence-electron chi connectivity index (χ1n) is 6.62. The summed E-state index contributed by atoms with van der Waals surface area (Å²) in [6.07, 6.45) is 0.157. The number of aryl methyl sites for hydroxylation is 1. The van der Waals surface area contributed by atoms with Gasteiger partial charge in [0.1, 0.15) is 17.6 Å². The van der Waals surface area contributed by atoms with Crippen LogP contribution in [0.1, 0.15) is 34.0 Å². The summed E-state index contributed by atoms with van der Waals surface area (Å²) in [6, 6.07) is 13.3. The minimum Gasteiger partial charge on any atom is -0.496 e. The Bertz CT molecular complexity index is 661. The fourth-order valence-electron chi connectivity index (χ4n) is 2.56. The van der Waals surface area contributed by atoms with Gasteiger partial charge < -0.3 is 9.47 Å². The summed E-state index contributed by atoms with van der Waals surface area (Å²) in [6.45, 7) is 1.99. The third-order valence-corrected chi connectivity index (χ3v) is 3.62. The number of carbonyl (C=O) groups is 1. The molecule has 1 unspecified atom stereocenters. The Hall–Kier alpha value is -2.29. The first kappa shape index (κ1) is 12.7. The number of hydrogen-bond acceptors (Lipinski definition) is 3. The highest BCUT2D eigenvalue weighted by molar-refractivity contribution is 5.99. The Morgan fingerprint density at radius 3 is 2.75 bits per heavy atom. The fraction of sp³-hybridized carbons (Fsp3) is 0.235. The van der Waals surface area contributed by atoms with E-state index in [0.29, 0.717) is 17.7 Å². The standard InChI is InChI=1S/C17H16O3/c1-11-9-12(7-8-15(11)19-2)17-10-14(18)13-5-3-4-6-16(13)20-17/h3-9,17H,10H2,1-2H3. The maximum atomic E-state index is 12.2. The summed E-state index contributed by atoms with van der Waals surface area (Å²) in [7, 11) is 1.65. The summed E-state index contributed by atoms with van der Waals surface area (Å²) in [5.41, 5.74) is 2.72. The van der Waals surface area contributed by atoms with Crippen LogP contribution in [0.4, 0.5) is 0 Å². The Morgan fingerprint density at radius 2 is 2.00 bits per heavy atom. The number of ether oxygens (including phenoxy) is 2. The third kappa shape index (κ3) is 2.16. The van der Waals surface area contributed by atoms with E-state index in [2.05, 4.69) is 0 Å². The van der Waals surface area contributed by atoms with E-state index in [-0.39, 0.29) is 11.9 Å². The van der Waals surface area contributed by atoms with Crippen molar-refractivity contribution in [2.75, 3.05) is 7.11 Å². The summed E-state index contributed by atoms with van der Waals surface area (Å²) in [5, 5.41) is 0. The van der Waals surface area contributed by atoms with E-state index in [1.165, 1.54) is 0 Å². The molecule has 0 fully saturated rings. The molecule has 1 aliphatic heterocycles. The van der Waals surface area contributed by atoms with Crippen LogP contribution in [-0.2, 0) is 0 Å². The van der Waals surface area contributed by atoms with Crippen LogP contribution < -0.4 is 9.47 Å². The number of fused-ring (bicyclic) bond motifs is 1. The minimum atomic E-state index is -0.220. The first-order valence-corrected chi connectivity index (χ1v) is 6.62. The Labute approximate surface area is 118 Å². The monoisotopic (exact) mass is 268 g/mol. The van der Waals surface area contributed by atoms with Crippen LogP contribution >= 0.6 is 0 Å². The smallest absolute Gasteiger partial charge is 0.170 e. The van der Waals surface area contributed by atoms with Crippen LogP contribution in [0.15, 0.2) is 42.5 Å². The fourth-order valence-corrected chi connectivity index (χ4v) is 2.56. The predicted octanol–water partition coefficient (Wildman–Crippen LogP) is 3.71. The molecule has 0 radical (unpaired) electrons. The molecule has 3 rings (SSSR count). The molecule has 2 aromatic rings. The normalized spacial score (nSPS) is 17.3. The quantitative estimate of drug-likeness (QED) is 0.833. The molecule has 20 heavy (non-hydrogen) atoms. The minimum absolute atomic E-state index is 0.130. The molecule has 0 aromatic heterocycles. The zero-order valence-corrected chi connectivity index (χ0v) is 11.6. The predicted molar refractivity (Wildman–Crippen MR) is 76.5 cm³/mol. The molecule has 3 heteroatoms. The molecule has 1 heterocycles. The van der Waals surface area contributed by atoms with Gasteiger partial charge in [-0.25, -0.2) is 0 Å². The number of carbonyl (C=O) groups excluding carboxylic acids is 1. The van der Waals surface area contributed by atoms with Gasteiger partial charge in [0.15, 0.2) is 5.78 Å². The molecular formula is C17H16O3. The lowest BCUT2D eigenvalue weighted by Gasteiger charge is -2.25. The van der Waals surface area contributed by atoms with Crippen molar-refractivity contribution in [3.05, 3.63) is 59.2 Å². The molecule has 0 spiro atoms. The molecule has 0 bridgehead atoms. The average Bonchev–Trinajstić information content (AvgIpc) is 2.47. The van der Waals surface area contributed by atoms with E-state index in [1.54, 1.807) is 7.11 Å². The highest BCUT2D eigenvalue weighted by atomic mass is 16.5. The molecule has 0 saturated carbocycles. The van der Waals surface area contributed by atoms with Crippen molar-refractivity contribution >= 4 is 5.78 Å². The van der Waals surface area contributed by atoms with Gasteiger partial charge in [0.05, 0.1) is 19.1 Å². The van der Waals surface area contributed by atoms with Gasteiger partial charge in [0.2, 0.25) is 0 Å². The molecule has 1 aliphatic rings. The van der Waals surface area contributed by atoms with Gasteiger partial charge in [-0.15, -0.1) is 0 Å². The SMILES string of the molecule is COc1ccc(C2CC(=O)c3ccccc3O2)cc1C. The largest absolute Gasteiger partial charge is 0.496 e. The molecule has 1 atom stereocenters. The van der Waals surface area contributed by atoms with Gasteiger partial charge >= 0.3 is 0 Å². The highest BCUT2D eigenvalue weighted by Gasteiger charge is 2.27. The van der Waals surface area contributed by atoms with Crippen molar-refractivity contribution in [1.29, 1.82) is 0 Å². The van der Waals surface area contributed by atoms with Crippen molar-refractivity contribution in [2.45, 2.75) is 19.4 Å². The maximum Gasteiger partial charge on any atom is 0.170 e. The molecule has 3 nitrogen and oxygen atoms in total. The van der Waals surface area contributed by atoms with E-state index in [4.69, 9.17) is 9.47 Å². The second-order valence-corrected chi connectivity index (χ2v) is 4.96. The molecule has 102 valence electrons. The number of Topliss-reactive ketones (excluding diaryl/α,β-unsaturated/α-hetero) is 1. The highest BCUT2D eigenvalue weighted by Crippen LogP contribution is 2.35. The van der Waals surface area contributed by atoms with Gasteiger partial charge in [-0.05, 0) is 42.3 Å². The Morgan fingerprint density at radius 1 is 1.20 bits per heavy atom. The number of methoxy groups -OCH3 is 1. The lowest BCUT2D eigenvalue weighted by Crippen LogP contribution is -2.20. The molecule has 0 amide bonds. The van der Waals surface area contributed by atoms with Crippen LogP contribution in [0.2, 0.25) is 0 Å². The third-order valence-electron chi connectivity index (χ3n) is 3.62. The van der Waals surface area contributed by atoms with Gasteiger partial charge in [0.25, 0.3) is 0 Å². The second-order valence-electron chi connectivity index (χ2n) is 4.96. The maximum absolute atomic E-state index is 12.2. The van der Waals surface area contributed by atoms with E-state index in [0.717, 1.165) is 16.9 Å². The lowest BCUT2D eigenvalue weighted by atomic mass is 9.95. The van der Waals surface area contributed by atoms with Crippen LogP contribution in [0.5, 0.6) is 11.5 Å². The molecule has 2 aromatic carbocycles. The van der Waals surface area contributed by atoms with Gasteiger partial charge in [-0.2, -0.15) is 0 Å². The van der Waals surface area contributed by atoms with Crippen LogP contribution in [0.3, 0.4) is 0 Å². The number of rotatable bonds is 2. The number of para-hydroxylation sites is 1. The van der Waals surface area contributed by atoms with E-state index in [1.807, 2.05) is 49.4 Å². The van der Waals surface area contributed by atoms with Crippen molar-refractivity contribution in [1.82, 2.24) is 0 Å². The first-order chi connectivity index (χ1) is 9.69. The van der Waals surface area contributed by atoms with Gasteiger partial charge in [0, 0.05) is 0 Å². The molecule has 0 saturated heterocycles. The van der Waals surface area contributed by atoms with Gasteiger partial charge in [-0.3, -0.25) is 4.79 Å². The zero-order chi connectivity index (χ0) is 14.1.